The summed E-state index contributed by atoms with van der Waals surface area (Å²) < 4.78 is 0. The second kappa shape index (κ2) is 7.09. The van der Waals surface area contributed by atoms with Gasteiger partial charge >= 0.3 is 11.9 Å². The number of carboxylic acids is 2. The Morgan fingerprint density at radius 2 is 1.47 bits per heavy atom. The predicted octanol–water partition coefficient (Wildman–Crippen LogP) is 3.08. The normalized spacial score (nSPS) is 11.2. The minimum atomic E-state index is -1.29. The Morgan fingerprint density at radius 1 is 1.06 bits per heavy atom. The molecular weight excluding hydrogens is 220 g/mol. The number of unbranched alkanes of at least 4 members (excludes halogenated alkanes) is 2. The van der Waals surface area contributed by atoms with Crippen LogP contribution in [0.15, 0.2) is 12.2 Å². The highest BCUT2D eigenvalue weighted by molar-refractivity contribution is 5.95. The topological polar surface area (TPSA) is 74.6 Å². The van der Waals surface area contributed by atoms with Crippen LogP contribution in [0.1, 0.15) is 52.4 Å². The van der Waals surface area contributed by atoms with Gasteiger partial charge in [-0.1, -0.05) is 46.1 Å². The molecule has 0 aliphatic carbocycles. The molecule has 0 radical (unpaired) electrons. The van der Waals surface area contributed by atoms with Crippen LogP contribution < -0.4 is 0 Å². The zero-order valence-corrected chi connectivity index (χ0v) is 10.7. The molecule has 0 spiro atoms. The van der Waals surface area contributed by atoms with Crippen LogP contribution in [0.25, 0.3) is 0 Å². The third-order valence-electron chi connectivity index (χ3n) is 3.16. The van der Waals surface area contributed by atoms with Crippen molar-refractivity contribution in [1.29, 1.82) is 0 Å². The Bertz CT molecular complexity index is 286. The maximum absolute atomic E-state index is 11.5. The summed E-state index contributed by atoms with van der Waals surface area (Å²) in [5, 5.41) is 18.4. The van der Waals surface area contributed by atoms with Crippen LogP contribution in [0, 0.1) is 5.41 Å². The van der Waals surface area contributed by atoms with E-state index in [2.05, 4.69) is 6.58 Å². The van der Waals surface area contributed by atoms with E-state index in [0.717, 1.165) is 12.8 Å². The lowest BCUT2D eigenvalue weighted by Gasteiger charge is -2.29. The van der Waals surface area contributed by atoms with Crippen molar-refractivity contribution >= 4 is 11.9 Å². The Kier molecular flexibility index (Phi) is 6.54. The highest BCUT2D eigenvalue weighted by atomic mass is 16.4. The molecule has 4 heteroatoms. The van der Waals surface area contributed by atoms with E-state index in [1.165, 1.54) is 0 Å². The van der Waals surface area contributed by atoms with E-state index in [4.69, 9.17) is 5.11 Å². The highest BCUT2D eigenvalue weighted by Crippen LogP contribution is 2.38. The summed E-state index contributed by atoms with van der Waals surface area (Å²) in [4.78, 5) is 22.5. The molecule has 0 aromatic heterocycles. The summed E-state index contributed by atoms with van der Waals surface area (Å²) >= 11 is 0. The van der Waals surface area contributed by atoms with Crippen molar-refractivity contribution in [2.45, 2.75) is 52.4 Å². The zero-order chi connectivity index (χ0) is 13.5. The molecule has 98 valence electrons. The van der Waals surface area contributed by atoms with Crippen molar-refractivity contribution < 1.29 is 19.8 Å². The van der Waals surface area contributed by atoms with E-state index < -0.39 is 17.4 Å². The monoisotopic (exact) mass is 242 g/mol. The van der Waals surface area contributed by atoms with Crippen molar-refractivity contribution in [3.05, 3.63) is 12.2 Å². The first-order chi connectivity index (χ1) is 7.92. The molecule has 17 heavy (non-hydrogen) atoms. The molecule has 0 aliphatic heterocycles. The van der Waals surface area contributed by atoms with Crippen LogP contribution in [0.3, 0.4) is 0 Å². The first-order valence-corrected chi connectivity index (χ1v) is 6.08. The largest absolute Gasteiger partial charge is 0.481 e. The summed E-state index contributed by atoms with van der Waals surface area (Å²) in [7, 11) is 0. The Labute approximate surface area is 102 Å². The lowest BCUT2D eigenvalue weighted by molar-refractivity contribution is -0.151. The number of hydrogen-bond acceptors (Lipinski definition) is 2. The lowest BCUT2D eigenvalue weighted by atomic mass is 9.73. The maximum Gasteiger partial charge on any atom is 0.332 e. The maximum atomic E-state index is 11.5. The lowest BCUT2D eigenvalue weighted by Crippen LogP contribution is -2.36. The van der Waals surface area contributed by atoms with Crippen LogP contribution in [-0.2, 0) is 9.59 Å². The number of rotatable bonds is 9. The van der Waals surface area contributed by atoms with Crippen molar-refractivity contribution in [1.82, 2.24) is 0 Å². The molecule has 0 saturated carbocycles. The first kappa shape index (κ1) is 15.7. The number of carboxylic acid groups (broad SMARTS) is 2. The van der Waals surface area contributed by atoms with Crippen LogP contribution in [-0.4, -0.2) is 22.2 Å². The molecule has 0 aromatic carbocycles. The molecular formula is C13H22O4. The van der Waals surface area contributed by atoms with Gasteiger partial charge in [-0.3, -0.25) is 4.79 Å². The minimum absolute atomic E-state index is 0.188. The van der Waals surface area contributed by atoms with Crippen molar-refractivity contribution in [2.75, 3.05) is 0 Å². The van der Waals surface area contributed by atoms with Gasteiger partial charge in [0.15, 0.2) is 0 Å². The molecule has 0 heterocycles. The second-order valence-electron chi connectivity index (χ2n) is 4.38. The summed E-state index contributed by atoms with van der Waals surface area (Å²) in [5.41, 5.74) is -1.48. The molecule has 0 atom stereocenters. The third-order valence-corrected chi connectivity index (χ3v) is 3.16. The van der Waals surface area contributed by atoms with Crippen molar-refractivity contribution in [3.63, 3.8) is 0 Å². The molecule has 0 aromatic rings. The fourth-order valence-electron chi connectivity index (χ4n) is 1.93. The molecule has 0 fully saturated rings. The van der Waals surface area contributed by atoms with Gasteiger partial charge in [0.1, 0.15) is 0 Å². The predicted molar refractivity (Wildman–Crippen MR) is 65.9 cm³/mol. The molecule has 0 aliphatic rings. The number of carbonyl (C=O) groups is 2. The standard InChI is InChI=1S/C13H22O4/c1-4-6-8-13(12(16)17,9-7-5-2)10(3)11(14)15/h3-9H2,1-2H3,(H,14,15)(H,16,17). The van der Waals surface area contributed by atoms with Crippen LogP contribution >= 0.6 is 0 Å². The van der Waals surface area contributed by atoms with Gasteiger partial charge in [0, 0.05) is 5.57 Å². The van der Waals surface area contributed by atoms with Crippen LogP contribution in [0.5, 0.6) is 0 Å². The summed E-state index contributed by atoms with van der Waals surface area (Å²) in [6, 6.07) is 0. The second-order valence-corrected chi connectivity index (χ2v) is 4.38. The van der Waals surface area contributed by atoms with Gasteiger partial charge in [-0.15, -0.1) is 0 Å². The van der Waals surface area contributed by atoms with E-state index in [1.807, 2.05) is 13.8 Å². The van der Waals surface area contributed by atoms with Crippen molar-refractivity contribution in [2.24, 2.45) is 5.41 Å². The summed E-state index contributed by atoms with van der Waals surface area (Å²) in [6.45, 7) is 7.38. The van der Waals surface area contributed by atoms with E-state index >= 15 is 0 Å². The summed E-state index contributed by atoms with van der Waals surface area (Å²) in [6.07, 6.45) is 3.78. The van der Waals surface area contributed by atoms with E-state index in [-0.39, 0.29) is 5.57 Å². The van der Waals surface area contributed by atoms with Crippen LogP contribution in [0.2, 0.25) is 0 Å². The van der Waals surface area contributed by atoms with Gasteiger partial charge in [-0.2, -0.15) is 0 Å². The van der Waals surface area contributed by atoms with Gasteiger partial charge in [-0.05, 0) is 12.8 Å². The molecule has 2 N–H and O–H groups in total. The molecule has 0 rings (SSSR count). The van der Waals surface area contributed by atoms with E-state index in [9.17, 15) is 14.7 Å². The Morgan fingerprint density at radius 3 is 1.71 bits per heavy atom. The molecule has 0 amide bonds. The molecule has 0 unspecified atom stereocenters. The highest BCUT2D eigenvalue weighted by Gasteiger charge is 2.42. The fourth-order valence-corrected chi connectivity index (χ4v) is 1.93. The van der Waals surface area contributed by atoms with Gasteiger partial charge in [0.2, 0.25) is 0 Å². The molecule has 0 saturated heterocycles. The minimum Gasteiger partial charge on any atom is -0.481 e. The van der Waals surface area contributed by atoms with E-state index in [0.29, 0.717) is 25.7 Å². The average Bonchev–Trinajstić information content (AvgIpc) is 2.28. The summed E-state index contributed by atoms with van der Waals surface area (Å²) in [5.74, 6) is -2.27. The Balaban J connectivity index is 5.15. The van der Waals surface area contributed by atoms with Crippen LogP contribution in [0.4, 0.5) is 0 Å². The quantitative estimate of drug-likeness (QED) is 0.609. The smallest absolute Gasteiger partial charge is 0.332 e. The van der Waals surface area contributed by atoms with Gasteiger partial charge in [0.05, 0.1) is 5.41 Å². The third kappa shape index (κ3) is 3.88. The average molecular weight is 242 g/mol. The fraction of sp³-hybridized carbons (Fsp3) is 0.692. The van der Waals surface area contributed by atoms with Gasteiger partial charge < -0.3 is 10.2 Å². The first-order valence-electron chi connectivity index (χ1n) is 6.08. The Hall–Kier alpha value is -1.32. The zero-order valence-electron chi connectivity index (χ0n) is 10.7. The van der Waals surface area contributed by atoms with E-state index in [1.54, 1.807) is 0 Å². The number of hydrogen-bond donors (Lipinski definition) is 2. The van der Waals surface area contributed by atoms with Gasteiger partial charge in [-0.25, -0.2) is 4.79 Å². The molecule has 4 nitrogen and oxygen atoms in total. The number of aliphatic carboxylic acids is 2. The SMILES string of the molecule is C=C(C(=O)O)C(CCCC)(CCCC)C(=O)O. The molecule has 0 bridgehead atoms. The van der Waals surface area contributed by atoms with Crippen molar-refractivity contribution in [3.8, 4) is 0 Å². The van der Waals surface area contributed by atoms with Gasteiger partial charge in [0.25, 0.3) is 0 Å².